The van der Waals surface area contributed by atoms with E-state index in [9.17, 15) is 8.42 Å². The van der Waals surface area contributed by atoms with Crippen LogP contribution in [-0.4, -0.2) is 25.0 Å². The standard InChI is InChI=1S/C9H19NO2S/c1-8(2)13(11,12)9(6-7-10)4-3-5-9/h8H,3-7,10H2,1-2H3. The van der Waals surface area contributed by atoms with E-state index < -0.39 is 14.6 Å². The molecule has 0 amide bonds. The van der Waals surface area contributed by atoms with Crippen LogP contribution in [0.2, 0.25) is 0 Å². The van der Waals surface area contributed by atoms with Crippen LogP contribution in [0.5, 0.6) is 0 Å². The van der Waals surface area contributed by atoms with Gasteiger partial charge in [-0.3, -0.25) is 0 Å². The Balaban J connectivity index is 2.89. The smallest absolute Gasteiger partial charge is 0.158 e. The normalized spacial score (nSPS) is 21.5. The molecule has 1 aliphatic carbocycles. The third-order valence-electron chi connectivity index (χ3n) is 3.09. The first-order valence-corrected chi connectivity index (χ1v) is 6.44. The Morgan fingerprint density at radius 1 is 1.38 bits per heavy atom. The Labute approximate surface area is 80.6 Å². The third kappa shape index (κ3) is 1.62. The zero-order valence-corrected chi connectivity index (χ0v) is 9.23. The Morgan fingerprint density at radius 3 is 2.15 bits per heavy atom. The van der Waals surface area contributed by atoms with E-state index in [0.29, 0.717) is 13.0 Å². The number of hydrogen-bond donors (Lipinski definition) is 1. The second kappa shape index (κ2) is 3.58. The molecule has 3 nitrogen and oxygen atoms in total. The van der Waals surface area contributed by atoms with Crippen molar-refractivity contribution in [3.63, 3.8) is 0 Å². The average Bonchev–Trinajstić information content (AvgIpc) is 1.95. The van der Waals surface area contributed by atoms with Gasteiger partial charge in [0.05, 0.1) is 10.00 Å². The van der Waals surface area contributed by atoms with E-state index in [-0.39, 0.29) is 5.25 Å². The molecular weight excluding hydrogens is 186 g/mol. The molecule has 0 spiro atoms. The lowest BCUT2D eigenvalue weighted by Crippen LogP contribution is -2.49. The molecule has 0 aliphatic heterocycles. The van der Waals surface area contributed by atoms with Crippen molar-refractivity contribution in [1.29, 1.82) is 0 Å². The minimum absolute atomic E-state index is 0.264. The lowest BCUT2D eigenvalue weighted by atomic mass is 9.82. The summed E-state index contributed by atoms with van der Waals surface area (Å²) in [5.41, 5.74) is 5.46. The first-order valence-electron chi connectivity index (χ1n) is 4.90. The second-order valence-electron chi connectivity index (χ2n) is 4.17. The largest absolute Gasteiger partial charge is 0.330 e. The molecule has 4 heteroatoms. The van der Waals surface area contributed by atoms with Gasteiger partial charge in [-0.05, 0) is 39.7 Å². The molecule has 0 saturated heterocycles. The highest BCUT2D eigenvalue weighted by atomic mass is 32.2. The lowest BCUT2D eigenvalue weighted by molar-refractivity contribution is 0.319. The maximum atomic E-state index is 12.0. The van der Waals surface area contributed by atoms with Crippen molar-refractivity contribution in [2.24, 2.45) is 5.73 Å². The minimum atomic E-state index is -2.94. The van der Waals surface area contributed by atoms with E-state index in [0.717, 1.165) is 19.3 Å². The molecule has 1 saturated carbocycles. The summed E-state index contributed by atoms with van der Waals surface area (Å²) in [7, 11) is -2.94. The van der Waals surface area contributed by atoms with Crippen LogP contribution in [0.4, 0.5) is 0 Å². The number of nitrogens with two attached hydrogens (primary N) is 1. The molecule has 0 atom stereocenters. The molecule has 1 aliphatic rings. The number of rotatable bonds is 4. The highest BCUT2D eigenvalue weighted by Gasteiger charge is 2.48. The third-order valence-corrected chi connectivity index (χ3v) is 6.15. The molecule has 0 aromatic carbocycles. The molecule has 0 unspecified atom stereocenters. The SMILES string of the molecule is CC(C)S(=O)(=O)C1(CCN)CCC1. The van der Waals surface area contributed by atoms with Crippen LogP contribution in [0.25, 0.3) is 0 Å². The van der Waals surface area contributed by atoms with Gasteiger partial charge in [-0.15, -0.1) is 0 Å². The van der Waals surface area contributed by atoms with Crippen LogP contribution in [0, 0.1) is 0 Å². The molecule has 1 fully saturated rings. The van der Waals surface area contributed by atoms with Gasteiger partial charge in [0, 0.05) is 0 Å². The van der Waals surface area contributed by atoms with Crippen molar-refractivity contribution in [1.82, 2.24) is 0 Å². The second-order valence-corrected chi connectivity index (χ2v) is 7.07. The molecule has 0 radical (unpaired) electrons. The maximum Gasteiger partial charge on any atom is 0.158 e. The fourth-order valence-corrected chi connectivity index (χ4v) is 4.27. The maximum absolute atomic E-state index is 12.0. The van der Waals surface area contributed by atoms with Gasteiger partial charge >= 0.3 is 0 Å². The molecule has 0 aromatic rings. The highest BCUT2D eigenvalue weighted by molar-refractivity contribution is 7.93. The van der Waals surface area contributed by atoms with Crippen LogP contribution in [0.3, 0.4) is 0 Å². The zero-order valence-electron chi connectivity index (χ0n) is 8.41. The molecule has 1 rings (SSSR count). The first-order chi connectivity index (χ1) is 5.96. The topological polar surface area (TPSA) is 60.2 Å². The van der Waals surface area contributed by atoms with Gasteiger partial charge in [0.2, 0.25) is 0 Å². The van der Waals surface area contributed by atoms with Gasteiger partial charge in [0.15, 0.2) is 9.84 Å². The fourth-order valence-electron chi connectivity index (χ4n) is 2.01. The van der Waals surface area contributed by atoms with Gasteiger partial charge < -0.3 is 5.73 Å². The monoisotopic (exact) mass is 205 g/mol. The Hall–Kier alpha value is -0.0900. The predicted octanol–water partition coefficient (Wildman–Crippen LogP) is 1.08. The van der Waals surface area contributed by atoms with E-state index >= 15 is 0 Å². The summed E-state index contributed by atoms with van der Waals surface area (Å²) >= 11 is 0. The average molecular weight is 205 g/mol. The summed E-state index contributed by atoms with van der Waals surface area (Å²) < 4.78 is 23.5. The fraction of sp³-hybridized carbons (Fsp3) is 1.00. The van der Waals surface area contributed by atoms with Crippen LogP contribution >= 0.6 is 0 Å². The van der Waals surface area contributed by atoms with E-state index in [2.05, 4.69) is 0 Å². The van der Waals surface area contributed by atoms with Gasteiger partial charge in [-0.25, -0.2) is 8.42 Å². The Kier molecular flexibility index (Phi) is 3.02. The molecule has 0 heterocycles. The van der Waals surface area contributed by atoms with Crippen molar-refractivity contribution < 1.29 is 8.42 Å². The molecule has 13 heavy (non-hydrogen) atoms. The minimum Gasteiger partial charge on any atom is -0.330 e. The van der Waals surface area contributed by atoms with E-state index in [1.807, 2.05) is 0 Å². The lowest BCUT2D eigenvalue weighted by Gasteiger charge is -2.42. The van der Waals surface area contributed by atoms with Crippen LogP contribution in [0.1, 0.15) is 39.5 Å². The van der Waals surface area contributed by atoms with E-state index in [4.69, 9.17) is 5.73 Å². The molecule has 78 valence electrons. The summed E-state index contributed by atoms with van der Waals surface area (Å²) in [4.78, 5) is 0. The molecule has 0 bridgehead atoms. The summed E-state index contributed by atoms with van der Waals surface area (Å²) in [6.07, 6.45) is 3.29. The molecule has 2 N–H and O–H groups in total. The van der Waals surface area contributed by atoms with Crippen LogP contribution in [-0.2, 0) is 9.84 Å². The zero-order chi connectivity index (χ0) is 10.1. The Bertz CT molecular complexity index is 265. The van der Waals surface area contributed by atoms with Crippen LogP contribution in [0.15, 0.2) is 0 Å². The summed E-state index contributed by atoms with van der Waals surface area (Å²) in [5.74, 6) is 0. The highest BCUT2D eigenvalue weighted by Crippen LogP contribution is 2.43. The van der Waals surface area contributed by atoms with Crippen molar-refractivity contribution in [2.45, 2.75) is 49.5 Å². The van der Waals surface area contributed by atoms with Crippen molar-refractivity contribution in [3.05, 3.63) is 0 Å². The number of sulfone groups is 1. The molecule has 0 aromatic heterocycles. The molecular formula is C9H19NO2S. The Morgan fingerprint density at radius 2 is 1.92 bits per heavy atom. The van der Waals surface area contributed by atoms with Gasteiger partial charge in [0.1, 0.15) is 0 Å². The van der Waals surface area contributed by atoms with Crippen molar-refractivity contribution >= 4 is 9.84 Å². The van der Waals surface area contributed by atoms with Crippen molar-refractivity contribution in [2.75, 3.05) is 6.54 Å². The number of hydrogen-bond acceptors (Lipinski definition) is 3. The summed E-state index contributed by atoms with van der Waals surface area (Å²) in [5, 5.41) is -0.264. The summed E-state index contributed by atoms with van der Waals surface area (Å²) in [6, 6.07) is 0. The summed E-state index contributed by atoms with van der Waals surface area (Å²) in [6.45, 7) is 3.99. The van der Waals surface area contributed by atoms with E-state index in [1.165, 1.54) is 0 Å². The van der Waals surface area contributed by atoms with Gasteiger partial charge in [0.25, 0.3) is 0 Å². The van der Waals surface area contributed by atoms with Gasteiger partial charge in [-0.2, -0.15) is 0 Å². The predicted molar refractivity (Wildman–Crippen MR) is 54.3 cm³/mol. The van der Waals surface area contributed by atoms with Gasteiger partial charge in [-0.1, -0.05) is 6.42 Å². The van der Waals surface area contributed by atoms with E-state index in [1.54, 1.807) is 13.8 Å². The van der Waals surface area contributed by atoms with Crippen LogP contribution < -0.4 is 5.73 Å². The quantitative estimate of drug-likeness (QED) is 0.747. The first kappa shape index (κ1) is 11.0. The van der Waals surface area contributed by atoms with Crippen molar-refractivity contribution in [3.8, 4) is 0 Å².